The van der Waals surface area contributed by atoms with Crippen molar-refractivity contribution < 1.29 is 4.79 Å². The van der Waals surface area contributed by atoms with Crippen LogP contribution in [0.2, 0.25) is 0 Å². The number of carbonyl (C=O) groups excluding carboxylic acids is 1. The Balaban J connectivity index is 2.50. The Kier molecular flexibility index (Phi) is 7.00. The normalized spacial score (nSPS) is 12.2. The number of aliphatic imine (C=N–C) groups is 1. The molecule has 0 aliphatic rings. The highest BCUT2D eigenvalue weighted by Crippen LogP contribution is 2.11. The molecule has 1 rings (SSSR count). The van der Waals surface area contributed by atoms with Gasteiger partial charge in [-0.3, -0.25) is 9.79 Å². The Morgan fingerprint density at radius 3 is 2.80 bits per heavy atom. The first kappa shape index (κ1) is 16.4. The maximum Gasteiger partial charge on any atom is 0.222 e. The largest absolute Gasteiger partial charge is 0.370 e. The molecule has 0 saturated carbocycles. The molecule has 112 valence electrons. The molecule has 1 heterocycles. The molecule has 0 unspecified atom stereocenters. The van der Waals surface area contributed by atoms with Gasteiger partial charge in [-0.15, -0.1) is 11.3 Å². The summed E-state index contributed by atoms with van der Waals surface area (Å²) in [6.45, 7) is 4.35. The number of rotatable bonds is 8. The van der Waals surface area contributed by atoms with Crippen LogP contribution in [-0.2, 0) is 11.2 Å². The van der Waals surface area contributed by atoms with E-state index in [1.54, 1.807) is 17.5 Å². The van der Waals surface area contributed by atoms with Gasteiger partial charge in [0.2, 0.25) is 5.91 Å². The van der Waals surface area contributed by atoms with E-state index < -0.39 is 0 Å². The first-order valence-electron chi connectivity index (χ1n) is 6.73. The van der Waals surface area contributed by atoms with Crippen molar-refractivity contribution >= 4 is 23.2 Å². The van der Waals surface area contributed by atoms with E-state index in [1.165, 1.54) is 0 Å². The van der Waals surface area contributed by atoms with E-state index in [0.717, 1.165) is 24.3 Å². The molecular weight excluding hydrogens is 274 g/mol. The molecule has 0 spiro atoms. The number of hydrogen-bond acceptors (Lipinski definition) is 4. The average molecular weight is 297 g/mol. The zero-order chi connectivity index (χ0) is 15.0. The molecule has 0 bridgehead atoms. The number of thiazole rings is 1. The summed E-state index contributed by atoms with van der Waals surface area (Å²) in [6.07, 6.45) is 4.18. The molecule has 0 aliphatic carbocycles. The molecule has 20 heavy (non-hydrogen) atoms. The number of guanidine groups is 1. The molecule has 6 nitrogen and oxygen atoms in total. The van der Waals surface area contributed by atoms with Gasteiger partial charge in [0.1, 0.15) is 0 Å². The maximum absolute atomic E-state index is 11.8. The highest BCUT2D eigenvalue weighted by Gasteiger charge is 2.16. The lowest BCUT2D eigenvalue weighted by atomic mass is 10.1. The summed E-state index contributed by atoms with van der Waals surface area (Å²) in [5.74, 6) is 0.146. The predicted octanol–water partition coefficient (Wildman–Crippen LogP) is 0.880. The van der Waals surface area contributed by atoms with Gasteiger partial charge in [-0.25, -0.2) is 4.98 Å². The molecule has 0 aliphatic heterocycles. The van der Waals surface area contributed by atoms with E-state index in [0.29, 0.717) is 6.54 Å². The lowest BCUT2D eigenvalue weighted by Gasteiger charge is -2.18. The van der Waals surface area contributed by atoms with Crippen LogP contribution >= 0.6 is 11.3 Å². The Labute approximate surface area is 123 Å². The van der Waals surface area contributed by atoms with E-state index in [2.05, 4.69) is 15.3 Å². The average Bonchev–Trinajstić information content (AvgIpc) is 2.86. The minimum absolute atomic E-state index is 0.0218. The number of nitrogens with zero attached hydrogens (tertiary/aromatic N) is 2. The lowest BCUT2D eigenvalue weighted by molar-refractivity contribution is -0.124. The summed E-state index contributed by atoms with van der Waals surface area (Å²) in [5, 5.41) is 6.03. The fraction of sp³-hybridized carbons (Fsp3) is 0.615. The highest BCUT2D eigenvalue weighted by atomic mass is 32.1. The van der Waals surface area contributed by atoms with Crippen LogP contribution in [0.5, 0.6) is 0 Å². The van der Waals surface area contributed by atoms with Crippen molar-refractivity contribution in [2.24, 2.45) is 22.4 Å². The second-order valence-corrected chi connectivity index (χ2v) is 5.92. The molecule has 1 aromatic rings. The second kappa shape index (κ2) is 8.52. The number of nitrogens with one attached hydrogen (secondary N) is 1. The fourth-order valence-electron chi connectivity index (χ4n) is 1.70. The molecular formula is C13H23N5OS. The van der Waals surface area contributed by atoms with Gasteiger partial charge in [-0.1, -0.05) is 13.8 Å². The highest BCUT2D eigenvalue weighted by molar-refractivity contribution is 7.09. The van der Waals surface area contributed by atoms with Crippen LogP contribution in [0, 0.1) is 5.92 Å². The maximum atomic E-state index is 11.8. The topological polar surface area (TPSA) is 106 Å². The van der Waals surface area contributed by atoms with Gasteiger partial charge in [0.05, 0.1) is 5.01 Å². The van der Waals surface area contributed by atoms with Gasteiger partial charge in [-0.2, -0.15) is 0 Å². The van der Waals surface area contributed by atoms with Crippen molar-refractivity contribution in [2.45, 2.75) is 39.2 Å². The van der Waals surface area contributed by atoms with Crippen LogP contribution in [0.4, 0.5) is 0 Å². The number of amides is 1. The zero-order valence-electron chi connectivity index (χ0n) is 12.0. The molecule has 0 saturated heterocycles. The smallest absolute Gasteiger partial charge is 0.222 e. The van der Waals surface area contributed by atoms with Crippen molar-refractivity contribution in [1.29, 1.82) is 0 Å². The quantitative estimate of drug-likeness (QED) is 0.376. The zero-order valence-corrected chi connectivity index (χ0v) is 12.8. The first-order valence-corrected chi connectivity index (χ1v) is 7.61. The molecule has 1 amide bonds. The van der Waals surface area contributed by atoms with Crippen LogP contribution < -0.4 is 16.8 Å². The van der Waals surface area contributed by atoms with Crippen LogP contribution in [0.15, 0.2) is 16.6 Å². The Morgan fingerprint density at radius 1 is 1.50 bits per heavy atom. The summed E-state index contributed by atoms with van der Waals surface area (Å²) < 4.78 is 0. The van der Waals surface area contributed by atoms with E-state index in [-0.39, 0.29) is 23.8 Å². The van der Waals surface area contributed by atoms with E-state index >= 15 is 0 Å². The SMILES string of the molecule is CC(C)C(=O)N[C@@H](CCCN=C(N)N)Cc1nccs1. The van der Waals surface area contributed by atoms with Gasteiger partial charge in [0.15, 0.2) is 5.96 Å². The van der Waals surface area contributed by atoms with Crippen LogP contribution in [0.25, 0.3) is 0 Å². The predicted molar refractivity (Wildman–Crippen MR) is 82.5 cm³/mol. The molecule has 0 aromatic carbocycles. The lowest BCUT2D eigenvalue weighted by Crippen LogP contribution is -2.39. The third-order valence-corrected chi connectivity index (χ3v) is 3.58. The minimum Gasteiger partial charge on any atom is -0.370 e. The first-order chi connectivity index (χ1) is 9.49. The van der Waals surface area contributed by atoms with E-state index in [4.69, 9.17) is 11.5 Å². The molecule has 5 N–H and O–H groups in total. The summed E-state index contributed by atoms with van der Waals surface area (Å²) in [5.41, 5.74) is 10.6. The van der Waals surface area contributed by atoms with Gasteiger partial charge in [0, 0.05) is 36.5 Å². The molecule has 1 aromatic heterocycles. The minimum atomic E-state index is -0.0218. The third kappa shape index (κ3) is 6.51. The molecule has 7 heteroatoms. The second-order valence-electron chi connectivity index (χ2n) is 4.94. The summed E-state index contributed by atoms with van der Waals surface area (Å²) in [7, 11) is 0. The van der Waals surface area contributed by atoms with Crippen LogP contribution in [0.1, 0.15) is 31.7 Å². The third-order valence-electron chi connectivity index (χ3n) is 2.78. The summed E-state index contributed by atoms with van der Waals surface area (Å²) in [4.78, 5) is 20.0. The van der Waals surface area contributed by atoms with E-state index in [1.807, 2.05) is 19.2 Å². The van der Waals surface area contributed by atoms with Crippen molar-refractivity contribution in [3.8, 4) is 0 Å². The van der Waals surface area contributed by atoms with Crippen molar-refractivity contribution in [1.82, 2.24) is 10.3 Å². The number of aromatic nitrogens is 1. The van der Waals surface area contributed by atoms with Gasteiger partial charge in [0.25, 0.3) is 0 Å². The van der Waals surface area contributed by atoms with Crippen LogP contribution in [0.3, 0.4) is 0 Å². The van der Waals surface area contributed by atoms with Crippen LogP contribution in [-0.4, -0.2) is 29.4 Å². The summed E-state index contributed by atoms with van der Waals surface area (Å²) >= 11 is 1.60. The Hall–Kier alpha value is -1.63. The monoisotopic (exact) mass is 297 g/mol. The van der Waals surface area contributed by atoms with Crippen molar-refractivity contribution in [3.05, 3.63) is 16.6 Å². The van der Waals surface area contributed by atoms with Crippen molar-refractivity contribution in [2.75, 3.05) is 6.54 Å². The molecule has 0 fully saturated rings. The fourth-order valence-corrected chi connectivity index (χ4v) is 2.40. The standard InChI is InChI=1S/C13H23N5OS/c1-9(2)12(19)18-10(4-3-5-17-13(14)15)8-11-16-6-7-20-11/h6-7,9-10H,3-5,8H2,1-2H3,(H,18,19)(H4,14,15,17)/t10-/m0/s1. The van der Waals surface area contributed by atoms with Crippen molar-refractivity contribution in [3.63, 3.8) is 0 Å². The number of hydrogen-bond donors (Lipinski definition) is 3. The van der Waals surface area contributed by atoms with E-state index in [9.17, 15) is 4.79 Å². The van der Waals surface area contributed by atoms with Gasteiger partial charge >= 0.3 is 0 Å². The summed E-state index contributed by atoms with van der Waals surface area (Å²) in [6, 6.07) is 0.0743. The number of carbonyl (C=O) groups is 1. The Morgan fingerprint density at radius 2 is 2.25 bits per heavy atom. The van der Waals surface area contributed by atoms with Gasteiger partial charge in [-0.05, 0) is 12.8 Å². The molecule has 0 radical (unpaired) electrons. The molecule has 1 atom stereocenters. The Bertz CT molecular complexity index is 426. The number of nitrogens with two attached hydrogens (primary N) is 2. The van der Waals surface area contributed by atoms with Gasteiger partial charge < -0.3 is 16.8 Å².